The summed E-state index contributed by atoms with van der Waals surface area (Å²) >= 11 is 7.21. The maximum absolute atomic E-state index is 11.0. The van der Waals surface area contributed by atoms with Gasteiger partial charge in [-0.2, -0.15) is 0 Å². The molecule has 3 aromatic carbocycles. The number of hydrogen-bond acceptors (Lipinski definition) is 3. The fourth-order valence-electron chi connectivity index (χ4n) is 4.64. The molecule has 0 spiro atoms. The monoisotopic (exact) mass is 541 g/mol. The van der Waals surface area contributed by atoms with E-state index in [1.807, 2.05) is 0 Å². The van der Waals surface area contributed by atoms with Crippen LogP contribution in [-0.4, -0.2) is 53.4 Å². The van der Waals surface area contributed by atoms with Gasteiger partial charge in [0.2, 0.25) is 0 Å². The van der Waals surface area contributed by atoms with Crippen LogP contribution in [0.1, 0.15) is 0 Å². The van der Waals surface area contributed by atoms with Crippen molar-refractivity contribution in [3.05, 3.63) is 75.7 Å². The lowest BCUT2D eigenvalue weighted by Gasteiger charge is -2.37. The number of hydrogen-bond donors (Lipinski definition) is 1. The van der Waals surface area contributed by atoms with Crippen molar-refractivity contribution in [2.24, 2.45) is 0 Å². The van der Waals surface area contributed by atoms with Crippen molar-refractivity contribution in [1.82, 2.24) is 9.47 Å². The molecule has 160 valence electrons. The van der Waals surface area contributed by atoms with Gasteiger partial charge in [-0.05, 0) is 48.5 Å². The zero-order valence-corrected chi connectivity index (χ0v) is 20.4. The number of rotatable bonds is 5. The van der Waals surface area contributed by atoms with E-state index in [4.69, 9.17) is 0 Å². The quantitative estimate of drug-likeness (QED) is 0.361. The zero-order chi connectivity index (χ0) is 21.4. The van der Waals surface area contributed by atoms with Crippen LogP contribution in [0, 0.1) is 0 Å². The first-order chi connectivity index (χ1) is 15.1. The Hall–Kier alpha value is -1.86. The molecule has 5 rings (SSSR count). The Morgan fingerprint density at radius 2 is 1.32 bits per heavy atom. The van der Waals surface area contributed by atoms with Gasteiger partial charge in [0.25, 0.3) is 0 Å². The molecule has 1 aliphatic rings. The number of aliphatic hydroxyl groups excluding tert-OH is 1. The van der Waals surface area contributed by atoms with Crippen LogP contribution in [0.15, 0.2) is 75.7 Å². The van der Waals surface area contributed by atoms with Crippen LogP contribution in [0.2, 0.25) is 0 Å². The number of fused-ring (bicyclic) bond motifs is 3. The van der Waals surface area contributed by atoms with Crippen LogP contribution in [0.3, 0.4) is 0 Å². The summed E-state index contributed by atoms with van der Waals surface area (Å²) in [4.78, 5) is 4.80. The highest BCUT2D eigenvalue weighted by atomic mass is 79.9. The van der Waals surface area contributed by atoms with Crippen LogP contribution in [-0.2, 0) is 6.54 Å². The van der Waals surface area contributed by atoms with Gasteiger partial charge in [-0.25, -0.2) is 0 Å². The van der Waals surface area contributed by atoms with Crippen LogP contribution >= 0.6 is 31.9 Å². The molecule has 0 bridgehead atoms. The number of β-amino-alcohol motifs (C(OH)–C–C–N with tert-alkyl or cyclic N) is 1. The maximum Gasteiger partial charge on any atom is 0.0845 e. The first kappa shape index (κ1) is 21.0. The molecule has 1 aliphatic heterocycles. The van der Waals surface area contributed by atoms with E-state index in [0.29, 0.717) is 13.1 Å². The number of benzene rings is 3. The molecule has 2 heterocycles. The average Bonchev–Trinajstić information content (AvgIpc) is 3.07. The van der Waals surface area contributed by atoms with E-state index in [1.165, 1.54) is 16.5 Å². The molecule has 1 N–H and O–H groups in total. The van der Waals surface area contributed by atoms with E-state index in [2.05, 4.69) is 113 Å². The zero-order valence-electron chi connectivity index (χ0n) is 17.2. The molecule has 1 fully saturated rings. The predicted molar refractivity (Wildman–Crippen MR) is 136 cm³/mol. The summed E-state index contributed by atoms with van der Waals surface area (Å²) in [6.07, 6.45) is -0.422. The molecular formula is C25H25Br2N3O. The van der Waals surface area contributed by atoms with Gasteiger partial charge >= 0.3 is 0 Å². The Labute approximate surface area is 199 Å². The van der Waals surface area contributed by atoms with E-state index >= 15 is 0 Å². The Morgan fingerprint density at radius 3 is 1.90 bits per heavy atom. The Kier molecular flexibility index (Phi) is 6.06. The highest BCUT2D eigenvalue weighted by Crippen LogP contribution is 2.33. The van der Waals surface area contributed by atoms with Gasteiger partial charge in [-0.15, -0.1) is 0 Å². The number of halogens is 2. The van der Waals surface area contributed by atoms with Gasteiger partial charge in [0, 0.05) is 69.2 Å². The van der Waals surface area contributed by atoms with Crippen molar-refractivity contribution >= 4 is 59.4 Å². The van der Waals surface area contributed by atoms with Crippen molar-refractivity contribution in [3.8, 4) is 0 Å². The summed E-state index contributed by atoms with van der Waals surface area (Å²) < 4.78 is 4.39. The number of nitrogens with zero attached hydrogens (tertiary/aromatic N) is 3. The van der Waals surface area contributed by atoms with E-state index < -0.39 is 6.10 Å². The largest absolute Gasteiger partial charge is 0.390 e. The average molecular weight is 543 g/mol. The van der Waals surface area contributed by atoms with E-state index in [0.717, 1.165) is 46.2 Å². The summed E-state index contributed by atoms with van der Waals surface area (Å²) in [5.41, 5.74) is 3.60. The molecular weight excluding hydrogens is 518 g/mol. The second kappa shape index (κ2) is 8.94. The molecule has 1 saturated heterocycles. The summed E-state index contributed by atoms with van der Waals surface area (Å²) in [6, 6.07) is 23.3. The van der Waals surface area contributed by atoms with Gasteiger partial charge < -0.3 is 14.6 Å². The molecule has 0 unspecified atom stereocenters. The maximum atomic E-state index is 11.0. The number of aliphatic hydroxyl groups is 1. The first-order valence-electron chi connectivity index (χ1n) is 10.7. The van der Waals surface area contributed by atoms with Crippen molar-refractivity contribution in [1.29, 1.82) is 0 Å². The normalized spacial score (nSPS) is 16.3. The van der Waals surface area contributed by atoms with Gasteiger partial charge in [0.05, 0.1) is 12.6 Å². The van der Waals surface area contributed by atoms with Crippen LogP contribution in [0.5, 0.6) is 0 Å². The summed E-state index contributed by atoms with van der Waals surface area (Å²) in [7, 11) is 0. The third kappa shape index (κ3) is 4.40. The lowest BCUT2D eigenvalue weighted by molar-refractivity contribution is 0.0969. The van der Waals surface area contributed by atoms with Crippen molar-refractivity contribution in [3.63, 3.8) is 0 Å². The molecule has 0 saturated carbocycles. The fraction of sp³-hybridized carbons (Fsp3) is 0.280. The highest BCUT2D eigenvalue weighted by molar-refractivity contribution is 9.10. The molecule has 0 amide bonds. The number of aromatic nitrogens is 1. The Bertz CT molecular complexity index is 1140. The van der Waals surface area contributed by atoms with Crippen LogP contribution in [0.4, 0.5) is 5.69 Å². The van der Waals surface area contributed by atoms with E-state index in [-0.39, 0.29) is 0 Å². The summed E-state index contributed by atoms with van der Waals surface area (Å²) in [5, 5.41) is 13.4. The minimum atomic E-state index is -0.422. The lowest BCUT2D eigenvalue weighted by atomic mass is 10.2. The van der Waals surface area contributed by atoms with Crippen LogP contribution in [0.25, 0.3) is 21.8 Å². The molecule has 6 heteroatoms. The minimum Gasteiger partial charge on any atom is -0.390 e. The van der Waals surface area contributed by atoms with Crippen molar-refractivity contribution < 1.29 is 5.11 Å². The summed E-state index contributed by atoms with van der Waals surface area (Å²) in [6.45, 7) is 5.21. The SMILES string of the molecule is O[C@H](CN1CCN(c2ccccc2)CC1)Cn1c2ccc(Br)cc2c2cc(Br)ccc21. The highest BCUT2D eigenvalue weighted by Gasteiger charge is 2.21. The van der Waals surface area contributed by atoms with Gasteiger partial charge in [0.15, 0.2) is 0 Å². The summed E-state index contributed by atoms with van der Waals surface area (Å²) in [5.74, 6) is 0. The molecule has 1 atom stereocenters. The number of para-hydroxylation sites is 1. The molecule has 1 aromatic heterocycles. The predicted octanol–water partition coefficient (Wildman–Crippen LogP) is 5.50. The third-order valence-corrected chi connectivity index (χ3v) is 7.13. The van der Waals surface area contributed by atoms with Crippen molar-refractivity contribution in [2.45, 2.75) is 12.6 Å². The van der Waals surface area contributed by atoms with E-state index in [9.17, 15) is 5.11 Å². The van der Waals surface area contributed by atoms with Gasteiger partial charge in [0.1, 0.15) is 0 Å². The second-order valence-corrected chi connectivity index (χ2v) is 10.0. The first-order valence-corrected chi connectivity index (χ1v) is 12.2. The van der Waals surface area contributed by atoms with Crippen molar-refractivity contribution in [2.75, 3.05) is 37.6 Å². The lowest BCUT2D eigenvalue weighted by Crippen LogP contribution is -2.49. The smallest absolute Gasteiger partial charge is 0.0845 e. The van der Waals surface area contributed by atoms with Gasteiger partial charge in [-0.1, -0.05) is 50.1 Å². The molecule has 31 heavy (non-hydrogen) atoms. The van der Waals surface area contributed by atoms with E-state index in [1.54, 1.807) is 0 Å². The standard InChI is InChI=1S/C25H25Br2N3O/c26-18-6-8-24-22(14-18)23-15-19(27)7-9-25(23)30(24)17-21(31)16-28-10-12-29(13-11-28)20-4-2-1-3-5-20/h1-9,14-15,21,31H,10-13,16-17H2/t21-/m1/s1. The topological polar surface area (TPSA) is 31.6 Å². The Morgan fingerprint density at radius 1 is 0.742 bits per heavy atom. The second-order valence-electron chi connectivity index (χ2n) is 8.21. The number of piperazine rings is 1. The Balaban J connectivity index is 1.31. The molecule has 0 radical (unpaired) electrons. The molecule has 4 nitrogen and oxygen atoms in total. The minimum absolute atomic E-state index is 0.422. The van der Waals surface area contributed by atoms with Gasteiger partial charge in [-0.3, -0.25) is 4.90 Å². The molecule has 4 aromatic rings. The van der Waals surface area contributed by atoms with Crippen LogP contribution < -0.4 is 4.90 Å². The molecule has 0 aliphatic carbocycles. The third-order valence-electron chi connectivity index (χ3n) is 6.14. The fourth-order valence-corrected chi connectivity index (χ4v) is 5.36. The number of anilines is 1.